The first-order valence-corrected chi connectivity index (χ1v) is 3.87. The summed E-state index contributed by atoms with van der Waals surface area (Å²) in [6, 6.07) is 0. The summed E-state index contributed by atoms with van der Waals surface area (Å²) in [5, 5.41) is 0. The molecule has 0 saturated heterocycles. The minimum absolute atomic E-state index is 0.160. The lowest BCUT2D eigenvalue weighted by atomic mass is 10.0. The lowest BCUT2D eigenvalue weighted by molar-refractivity contribution is -0.143. The number of methoxy groups -OCH3 is 1. The fourth-order valence-electron chi connectivity index (χ4n) is 1.42. The highest BCUT2D eigenvalue weighted by Crippen LogP contribution is 2.47. The van der Waals surface area contributed by atoms with E-state index < -0.39 is 5.41 Å². The SMILES string of the molecule is COC(=O)C1(c2cnc[nH]2)CC1. The molecular weight excluding hydrogens is 156 g/mol. The molecule has 0 amide bonds. The zero-order chi connectivity index (χ0) is 8.60. The number of ether oxygens (including phenoxy) is 1. The van der Waals surface area contributed by atoms with E-state index in [-0.39, 0.29) is 5.97 Å². The largest absolute Gasteiger partial charge is 0.468 e. The van der Waals surface area contributed by atoms with Gasteiger partial charge in [-0.05, 0) is 12.8 Å². The Morgan fingerprint density at radius 3 is 2.92 bits per heavy atom. The first-order chi connectivity index (χ1) is 5.79. The molecule has 1 saturated carbocycles. The van der Waals surface area contributed by atoms with Crippen LogP contribution in [0.5, 0.6) is 0 Å². The highest BCUT2D eigenvalue weighted by atomic mass is 16.5. The van der Waals surface area contributed by atoms with Crippen LogP contribution in [0.2, 0.25) is 0 Å². The van der Waals surface area contributed by atoms with Crippen molar-refractivity contribution >= 4 is 5.97 Å². The van der Waals surface area contributed by atoms with Gasteiger partial charge in [-0.1, -0.05) is 0 Å². The predicted molar refractivity (Wildman–Crippen MR) is 41.5 cm³/mol. The minimum atomic E-state index is -0.398. The number of aromatic nitrogens is 2. The third kappa shape index (κ3) is 0.841. The molecule has 0 bridgehead atoms. The van der Waals surface area contributed by atoms with Crippen LogP contribution < -0.4 is 0 Å². The molecule has 0 aromatic carbocycles. The quantitative estimate of drug-likeness (QED) is 0.655. The Balaban J connectivity index is 2.28. The summed E-state index contributed by atoms with van der Waals surface area (Å²) in [5.74, 6) is -0.160. The average molecular weight is 166 g/mol. The van der Waals surface area contributed by atoms with E-state index in [2.05, 4.69) is 9.97 Å². The molecule has 1 heterocycles. The van der Waals surface area contributed by atoms with Gasteiger partial charge in [0.15, 0.2) is 0 Å². The highest BCUT2D eigenvalue weighted by Gasteiger charge is 2.53. The van der Waals surface area contributed by atoms with Gasteiger partial charge in [-0.2, -0.15) is 0 Å². The van der Waals surface area contributed by atoms with Gasteiger partial charge in [0, 0.05) is 6.20 Å². The first kappa shape index (κ1) is 7.34. The number of hydrogen-bond acceptors (Lipinski definition) is 3. The third-order valence-corrected chi connectivity index (χ3v) is 2.34. The number of carbonyl (C=O) groups excluding carboxylic acids is 1. The van der Waals surface area contributed by atoms with E-state index >= 15 is 0 Å². The molecule has 64 valence electrons. The Morgan fingerprint density at radius 2 is 2.50 bits per heavy atom. The fourth-order valence-corrected chi connectivity index (χ4v) is 1.42. The molecule has 4 heteroatoms. The standard InChI is InChI=1S/C8H10N2O2/c1-12-7(11)8(2-3-8)6-4-9-5-10-6/h4-5H,2-3H2,1H3,(H,9,10). The summed E-state index contributed by atoms with van der Waals surface area (Å²) in [7, 11) is 1.42. The molecule has 0 spiro atoms. The Bertz CT molecular complexity index is 288. The molecule has 1 aliphatic carbocycles. The van der Waals surface area contributed by atoms with Crippen LogP contribution in [0.3, 0.4) is 0 Å². The summed E-state index contributed by atoms with van der Waals surface area (Å²) in [4.78, 5) is 18.1. The van der Waals surface area contributed by atoms with Crippen LogP contribution in [0.15, 0.2) is 12.5 Å². The second-order valence-corrected chi connectivity index (χ2v) is 3.04. The van der Waals surface area contributed by atoms with E-state index in [9.17, 15) is 4.79 Å². The first-order valence-electron chi connectivity index (χ1n) is 3.87. The van der Waals surface area contributed by atoms with Crippen molar-refractivity contribution in [3.8, 4) is 0 Å². The Kier molecular flexibility index (Phi) is 1.43. The van der Waals surface area contributed by atoms with Crippen LogP contribution >= 0.6 is 0 Å². The van der Waals surface area contributed by atoms with E-state index in [0.717, 1.165) is 18.5 Å². The van der Waals surface area contributed by atoms with Crippen LogP contribution in [0.1, 0.15) is 18.5 Å². The Morgan fingerprint density at radius 1 is 1.75 bits per heavy atom. The van der Waals surface area contributed by atoms with Crippen molar-refractivity contribution in [2.75, 3.05) is 7.11 Å². The third-order valence-electron chi connectivity index (χ3n) is 2.34. The molecule has 2 rings (SSSR count). The molecule has 12 heavy (non-hydrogen) atoms. The van der Waals surface area contributed by atoms with Gasteiger partial charge in [-0.25, -0.2) is 4.98 Å². The normalized spacial score (nSPS) is 18.8. The summed E-state index contributed by atoms with van der Waals surface area (Å²) >= 11 is 0. The molecular formula is C8H10N2O2. The highest BCUT2D eigenvalue weighted by molar-refractivity contribution is 5.85. The van der Waals surface area contributed by atoms with Crippen LogP contribution in [0.4, 0.5) is 0 Å². The van der Waals surface area contributed by atoms with Crippen molar-refractivity contribution < 1.29 is 9.53 Å². The molecule has 0 unspecified atom stereocenters. The molecule has 1 aromatic rings. The maximum atomic E-state index is 11.3. The van der Waals surface area contributed by atoms with E-state index in [4.69, 9.17) is 4.74 Å². The fraction of sp³-hybridized carbons (Fsp3) is 0.500. The van der Waals surface area contributed by atoms with Crippen LogP contribution in [0, 0.1) is 0 Å². The van der Waals surface area contributed by atoms with E-state index in [1.165, 1.54) is 7.11 Å². The van der Waals surface area contributed by atoms with Crippen molar-refractivity contribution in [3.05, 3.63) is 18.2 Å². The second-order valence-electron chi connectivity index (χ2n) is 3.04. The molecule has 0 atom stereocenters. The van der Waals surface area contributed by atoms with Crippen molar-refractivity contribution in [3.63, 3.8) is 0 Å². The Hall–Kier alpha value is -1.32. The zero-order valence-electron chi connectivity index (χ0n) is 6.83. The number of carbonyl (C=O) groups is 1. The smallest absolute Gasteiger partial charge is 0.317 e. The monoisotopic (exact) mass is 166 g/mol. The number of rotatable bonds is 2. The molecule has 1 aliphatic rings. The lowest BCUT2D eigenvalue weighted by Crippen LogP contribution is -2.22. The number of H-pyrrole nitrogens is 1. The number of aromatic amines is 1. The molecule has 0 radical (unpaired) electrons. The van der Waals surface area contributed by atoms with Crippen molar-refractivity contribution in [1.82, 2.24) is 9.97 Å². The van der Waals surface area contributed by atoms with Crippen molar-refractivity contribution in [2.45, 2.75) is 18.3 Å². The van der Waals surface area contributed by atoms with E-state index in [1.807, 2.05) is 0 Å². The molecule has 1 N–H and O–H groups in total. The van der Waals surface area contributed by atoms with E-state index in [0.29, 0.717) is 0 Å². The zero-order valence-corrected chi connectivity index (χ0v) is 6.83. The molecule has 4 nitrogen and oxygen atoms in total. The number of esters is 1. The topological polar surface area (TPSA) is 55.0 Å². The summed E-state index contributed by atoms with van der Waals surface area (Å²) in [6.07, 6.45) is 4.99. The average Bonchev–Trinajstić information content (AvgIpc) is 2.73. The van der Waals surface area contributed by atoms with Crippen LogP contribution in [-0.4, -0.2) is 23.0 Å². The second kappa shape index (κ2) is 2.33. The van der Waals surface area contributed by atoms with Crippen molar-refractivity contribution in [2.24, 2.45) is 0 Å². The summed E-state index contributed by atoms with van der Waals surface area (Å²) in [6.45, 7) is 0. The molecule has 1 fully saturated rings. The molecule has 1 aromatic heterocycles. The van der Waals surface area contributed by atoms with Gasteiger partial charge < -0.3 is 9.72 Å². The van der Waals surface area contributed by atoms with Gasteiger partial charge in [-0.15, -0.1) is 0 Å². The number of nitrogens with zero attached hydrogens (tertiary/aromatic N) is 1. The number of nitrogens with one attached hydrogen (secondary N) is 1. The number of hydrogen-bond donors (Lipinski definition) is 1. The van der Waals surface area contributed by atoms with Crippen molar-refractivity contribution in [1.29, 1.82) is 0 Å². The van der Waals surface area contributed by atoms with E-state index in [1.54, 1.807) is 12.5 Å². The van der Waals surface area contributed by atoms with Gasteiger partial charge in [0.05, 0.1) is 19.1 Å². The Labute approximate surface area is 70.0 Å². The maximum Gasteiger partial charge on any atom is 0.317 e. The maximum absolute atomic E-state index is 11.3. The number of imidazole rings is 1. The predicted octanol–water partition coefficient (Wildman–Crippen LogP) is 0.614. The lowest BCUT2D eigenvalue weighted by Gasteiger charge is -2.08. The van der Waals surface area contributed by atoms with Crippen LogP contribution in [0.25, 0.3) is 0 Å². The van der Waals surface area contributed by atoms with Gasteiger partial charge in [0.1, 0.15) is 5.41 Å². The van der Waals surface area contributed by atoms with Gasteiger partial charge in [0.2, 0.25) is 0 Å². The summed E-state index contributed by atoms with van der Waals surface area (Å²) in [5.41, 5.74) is 0.472. The van der Waals surface area contributed by atoms with Gasteiger partial charge in [-0.3, -0.25) is 4.79 Å². The summed E-state index contributed by atoms with van der Waals surface area (Å²) < 4.78 is 4.71. The van der Waals surface area contributed by atoms with Crippen LogP contribution in [-0.2, 0) is 14.9 Å². The van der Waals surface area contributed by atoms with Gasteiger partial charge in [0.25, 0.3) is 0 Å². The molecule has 0 aliphatic heterocycles. The minimum Gasteiger partial charge on any atom is -0.468 e. The van der Waals surface area contributed by atoms with Gasteiger partial charge >= 0.3 is 5.97 Å².